The predicted molar refractivity (Wildman–Crippen MR) is 126 cm³/mol. The van der Waals surface area contributed by atoms with E-state index in [1.54, 1.807) is 24.3 Å². The maximum absolute atomic E-state index is 13.0. The minimum Gasteiger partial charge on any atom is -0.457 e. The Bertz CT molecular complexity index is 1290. The molecule has 0 saturated heterocycles. The Labute approximate surface area is 212 Å². The average molecular weight is 538 g/mol. The third-order valence-electron chi connectivity index (χ3n) is 4.58. The lowest BCUT2D eigenvalue weighted by Gasteiger charge is -2.12. The molecule has 5 N–H and O–H groups in total. The van der Waals surface area contributed by atoms with E-state index in [0.29, 0.717) is 22.9 Å². The van der Waals surface area contributed by atoms with Crippen molar-refractivity contribution in [2.24, 2.45) is 0 Å². The van der Waals surface area contributed by atoms with E-state index in [1.807, 2.05) is 0 Å². The van der Waals surface area contributed by atoms with Crippen molar-refractivity contribution in [3.8, 4) is 11.5 Å². The van der Waals surface area contributed by atoms with Crippen LogP contribution in [0.5, 0.6) is 11.5 Å². The Hall–Kier alpha value is -4.36. The largest absolute Gasteiger partial charge is 0.457 e. The first kappa shape index (κ1) is 27.2. The van der Waals surface area contributed by atoms with Crippen molar-refractivity contribution in [3.05, 3.63) is 77.1 Å². The summed E-state index contributed by atoms with van der Waals surface area (Å²) in [5.74, 6) is -0.657. The fraction of sp³-hybridized carbons (Fsp3) is 0.130. The number of aromatic nitrogens is 1. The minimum absolute atomic E-state index is 0.0186. The molecule has 1 heterocycles. The van der Waals surface area contributed by atoms with Gasteiger partial charge in [0.15, 0.2) is 0 Å². The molecule has 2 aromatic carbocycles. The van der Waals surface area contributed by atoms with Gasteiger partial charge in [0.1, 0.15) is 17.9 Å². The van der Waals surface area contributed by atoms with Crippen LogP contribution in [0.3, 0.4) is 0 Å². The zero-order chi connectivity index (χ0) is 27.0. The summed E-state index contributed by atoms with van der Waals surface area (Å²) in [7, 11) is 0. The third-order valence-corrected chi connectivity index (χ3v) is 4.91. The third kappa shape index (κ3) is 8.37. The normalized spacial score (nSPS) is 10.8. The number of urea groups is 1. The number of carbonyl (C=O) groups excluding carboxylic acids is 3. The number of nitrogens with zero attached hydrogens (tertiary/aromatic N) is 1. The van der Waals surface area contributed by atoms with Gasteiger partial charge < -0.3 is 20.7 Å². The van der Waals surface area contributed by atoms with E-state index < -0.39 is 41.0 Å². The van der Waals surface area contributed by atoms with E-state index in [4.69, 9.17) is 21.5 Å². The lowest BCUT2D eigenvalue weighted by atomic mass is 10.2. The van der Waals surface area contributed by atoms with Crippen LogP contribution in [0.2, 0.25) is 5.02 Å². The molecule has 37 heavy (non-hydrogen) atoms. The molecule has 0 aliphatic heterocycles. The molecule has 0 spiro atoms. The fourth-order valence-corrected chi connectivity index (χ4v) is 3.13. The molecular formula is C23H19ClF3N5O5. The highest BCUT2D eigenvalue weighted by molar-refractivity contribution is 6.31. The molecule has 14 heteroatoms. The Kier molecular flexibility index (Phi) is 8.87. The van der Waals surface area contributed by atoms with Crippen LogP contribution < -0.4 is 26.2 Å². The number of rotatable bonds is 8. The van der Waals surface area contributed by atoms with Gasteiger partial charge in [-0.3, -0.25) is 19.8 Å². The summed E-state index contributed by atoms with van der Waals surface area (Å²) < 4.78 is 44.7. The van der Waals surface area contributed by atoms with Crippen molar-refractivity contribution < 1.29 is 37.5 Å². The van der Waals surface area contributed by atoms with E-state index in [2.05, 4.69) is 20.9 Å². The molecule has 194 valence electrons. The van der Waals surface area contributed by atoms with Gasteiger partial charge in [0.2, 0.25) is 5.91 Å². The van der Waals surface area contributed by atoms with E-state index >= 15 is 0 Å². The smallest absolute Gasteiger partial charge is 0.417 e. The van der Waals surface area contributed by atoms with Gasteiger partial charge in [-0.15, -0.1) is 0 Å². The number of halogens is 4. The molecule has 10 nitrogen and oxygen atoms in total. The number of carbonyl (C=O) groups is 3. The molecular weight excluding hydrogens is 519 g/mol. The fourth-order valence-electron chi connectivity index (χ4n) is 2.91. The predicted octanol–water partition coefficient (Wildman–Crippen LogP) is 4.70. The maximum Gasteiger partial charge on any atom is 0.417 e. The average Bonchev–Trinajstić information content (AvgIpc) is 2.84. The van der Waals surface area contributed by atoms with Gasteiger partial charge in [-0.25, -0.2) is 10.3 Å². The van der Waals surface area contributed by atoms with Crippen molar-refractivity contribution in [1.29, 1.82) is 0 Å². The van der Waals surface area contributed by atoms with Gasteiger partial charge in [0.25, 0.3) is 5.91 Å². The van der Waals surface area contributed by atoms with Gasteiger partial charge in [0, 0.05) is 23.6 Å². The molecule has 4 amide bonds. The molecule has 3 aromatic rings. The highest BCUT2D eigenvalue weighted by atomic mass is 35.5. The topological polar surface area (TPSA) is 142 Å². The first-order valence-corrected chi connectivity index (χ1v) is 10.8. The van der Waals surface area contributed by atoms with Gasteiger partial charge in [-0.1, -0.05) is 11.6 Å². The molecule has 0 aliphatic carbocycles. The minimum atomic E-state index is -4.66. The summed E-state index contributed by atoms with van der Waals surface area (Å²) >= 11 is 5.58. The molecule has 0 atom stereocenters. The number of anilines is 2. The lowest BCUT2D eigenvalue weighted by Crippen LogP contribution is -2.30. The number of hydrogen-bond acceptors (Lipinski definition) is 6. The monoisotopic (exact) mass is 537 g/mol. The SMILES string of the molecule is O=C(CC(=O)NCc1cc(Oc2ccc(NC(=O)Nc3ccc(Cl)c(C(F)(F)F)c3)cc2)ccn1)NO. The van der Waals surface area contributed by atoms with E-state index in [0.717, 1.165) is 12.1 Å². The van der Waals surface area contributed by atoms with Crippen molar-refractivity contribution in [3.63, 3.8) is 0 Å². The first-order chi connectivity index (χ1) is 17.5. The molecule has 0 bridgehead atoms. The van der Waals surface area contributed by atoms with E-state index in [1.165, 1.54) is 29.9 Å². The Morgan fingerprint density at radius 1 is 0.919 bits per heavy atom. The molecule has 0 radical (unpaired) electrons. The van der Waals surface area contributed by atoms with Crippen LogP contribution in [0, 0.1) is 0 Å². The zero-order valence-corrected chi connectivity index (χ0v) is 19.5. The second-order valence-electron chi connectivity index (χ2n) is 7.37. The van der Waals surface area contributed by atoms with E-state index in [-0.39, 0.29) is 12.2 Å². The van der Waals surface area contributed by atoms with Gasteiger partial charge in [-0.05, 0) is 48.5 Å². The van der Waals surface area contributed by atoms with Gasteiger partial charge in [0.05, 0.1) is 22.8 Å². The highest BCUT2D eigenvalue weighted by Gasteiger charge is 2.33. The Balaban J connectivity index is 1.55. The molecule has 0 aliphatic rings. The number of benzene rings is 2. The van der Waals surface area contributed by atoms with Crippen molar-refractivity contribution >= 4 is 40.8 Å². The molecule has 0 saturated carbocycles. The number of nitrogens with one attached hydrogen (secondary N) is 4. The van der Waals surface area contributed by atoms with Crippen LogP contribution in [0.4, 0.5) is 29.3 Å². The summed E-state index contributed by atoms with van der Waals surface area (Å²) in [6.45, 7) is 0.0186. The quantitative estimate of drug-likeness (QED) is 0.160. The highest BCUT2D eigenvalue weighted by Crippen LogP contribution is 2.36. The summed E-state index contributed by atoms with van der Waals surface area (Å²) in [4.78, 5) is 38.9. The van der Waals surface area contributed by atoms with Crippen LogP contribution in [-0.4, -0.2) is 28.0 Å². The number of pyridine rings is 1. The molecule has 0 unspecified atom stereocenters. The lowest BCUT2D eigenvalue weighted by molar-refractivity contribution is -0.137. The number of ether oxygens (including phenoxy) is 1. The number of alkyl halides is 3. The van der Waals surface area contributed by atoms with Crippen molar-refractivity contribution in [2.75, 3.05) is 10.6 Å². The van der Waals surface area contributed by atoms with E-state index in [9.17, 15) is 27.6 Å². The number of hydrogen-bond donors (Lipinski definition) is 5. The summed E-state index contributed by atoms with van der Waals surface area (Å²) in [6.07, 6.45) is -3.75. The Morgan fingerprint density at radius 3 is 2.27 bits per heavy atom. The van der Waals surface area contributed by atoms with Gasteiger partial charge >= 0.3 is 12.2 Å². The maximum atomic E-state index is 13.0. The number of hydroxylamine groups is 1. The zero-order valence-electron chi connectivity index (χ0n) is 18.7. The summed E-state index contributed by atoms with van der Waals surface area (Å²) in [6, 6.07) is 11.5. The van der Waals surface area contributed by atoms with Gasteiger partial charge in [-0.2, -0.15) is 13.2 Å². The summed E-state index contributed by atoms with van der Waals surface area (Å²) in [5.41, 5.74) is 1.00. The second kappa shape index (κ2) is 12.1. The molecule has 1 aromatic heterocycles. The van der Waals surface area contributed by atoms with Crippen LogP contribution in [0.1, 0.15) is 17.7 Å². The standard InChI is InChI=1S/C23H19ClF3N5O5/c24-19-6-3-14(10-18(19)23(25,26)27)31-22(35)30-13-1-4-16(5-2-13)37-17-7-8-28-15(9-17)12-29-20(33)11-21(34)32-36/h1-10,36H,11-12H2,(H,29,33)(H,32,34)(H2,30,31,35). The van der Waals surface area contributed by atoms with Crippen LogP contribution in [-0.2, 0) is 22.3 Å². The molecule has 0 fully saturated rings. The van der Waals surface area contributed by atoms with Crippen molar-refractivity contribution in [1.82, 2.24) is 15.8 Å². The summed E-state index contributed by atoms with van der Waals surface area (Å²) in [5, 5.41) is 15.2. The van der Waals surface area contributed by atoms with Crippen molar-refractivity contribution in [2.45, 2.75) is 19.1 Å². The van der Waals surface area contributed by atoms with Crippen LogP contribution in [0.15, 0.2) is 60.8 Å². The van der Waals surface area contributed by atoms with Crippen LogP contribution >= 0.6 is 11.6 Å². The first-order valence-electron chi connectivity index (χ1n) is 10.4. The second-order valence-corrected chi connectivity index (χ2v) is 7.78. The Morgan fingerprint density at radius 2 is 1.59 bits per heavy atom. The number of amides is 4. The molecule has 3 rings (SSSR count). The van der Waals surface area contributed by atoms with Crippen LogP contribution in [0.25, 0.3) is 0 Å².